The van der Waals surface area contributed by atoms with Crippen LogP contribution in [0.4, 0.5) is 8.78 Å². The van der Waals surface area contributed by atoms with Gasteiger partial charge in [-0.3, -0.25) is 0 Å². The predicted octanol–water partition coefficient (Wildman–Crippen LogP) is 1.85. The number of hydrogen-bond acceptors (Lipinski definition) is 2. The summed E-state index contributed by atoms with van der Waals surface area (Å²) in [6, 6.07) is 3.01. The van der Waals surface area contributed by atoms with Gasteiger partial charge in [0.25, 0.3) is 0 Å². The number of carboxylic acid groups (broad SMARTS) is 1. The molecule has 0 bridgehead atoms. The van der Waals surface area contributed by atoms with Crippen LogP contribution in [0.5, 0.6) is 0 Å². The van der Waals surface area contributed by atoms with Crippen LogP contribution in [0.3, 0.4) is 0 Å². The number of nitrogens with zero attached hydrogens (tertiary/aromatic N) is 2. The molecule has 0 saturated heterocycles. The van der Waals surface area contributed by atoms with Crippen LogP contribution >= 0.6 is 0 Å². The molecule has 0 unspecified atom stereocenters. The van der Waals surface area contributed by atoms with E-state index < -0.39 is 17.6 Å². The first-order chi connectivity index (χ1) is 7.58. The summed E-state index contributed by atoms with van der Waals surface area (Å²) < 4.78 is 27.1. The van der Waals surface area contributed by atoms with Crippen LogP contribution in [0.25, 0.3) is 5.69 Å². The Kier molecular flexibility index (Phi) is 2.40. The number of imidazole rings is 1. The minimum atomic E-state index is -1.21. The maximum atomic E-state index is 13.3. The first-order valence-corrected chi connectivity index (χ1v) is 4.30. The number of hydrogen-bond donors (Lipinski definition) is 1. The first kappa shape index (κ1) is 10.3. The molecule has 0 atom stereocenters. The van der Waals surface area contributed by atoms with Crippen molar-refractivity contribution in [2.75, 3.05) is 0 Å². The highest BCUT2D eigenvalue weighted by Gasteiger charge is 2.10. The van der Waals surface area contributed by atoms with E-state index in [-0.39, 0.29) is 11.4 Å². The molecule has 0 saturated carbocycles. The Bertz CT molecular complexity index is 552. The van der Waals surface area contributed by atoms with E-state index in [1.807, 2.05) is 0 Å². The Balaban J connectivity index is 2.46. The minimum absolute atomic E-state index is 0.0430. The van der Waals surface area contributed by atoms with Gasteiger partial charge in [0.1, 0.15) is 18.0 Å². The number of halogens is 2. The number of carboxylic acids is 1. The second-order valence-corrected chi connectivity index (χ2v) is 3.07. The molecule has 0 aliphatic rings. The lowest BCUT2D eigenvalue weighted by atomic mass is 10.3. The molecule has 1 aromatic carbocycles. The van der Waals surface area contributed by atoms with Crippen molar-refractivity contribution in [2.45, 2.75) is 0 Å². The molecule has 0 radical (unpaired) electrons. The molecule has 16 heavy (non-hydrogen) atoms. The average Bonchev–Trinajstić information content (AvgIpc) is 2.66. The van der Waals surface area contributed by atoms with Gasteiger partial charge in [0.15, 0.2) is 5.69 Å². The van der Waals surface area contributed by atoms with Crippen molar-refractivity contribution in [1.82, 2.24) is 9.55 Å². The molecular formula is C10H6F2N2O2. The molecule has 82 valence electrons. The van der Waals surface area contributed by atoms with E-state index in [0.717, 1.165) is 24.7 Å². The molecule has 1 aromatic heterocycles. The minimum Gasteiger partial charge on any atom is -0.476 e. The fourth-order valence-corrected chi connectivity index (χ4v) is 1.26. The van der Waals surface area contributed by atoms with Crippen LogP contribution in [0.15, 0.2) is 30.7 Å². The lowest BCUT2D eigenvalue weighted by Crippen LogP contribution is -1.97. The topological polar surface area (TPSA) is 55.1 Å². The highest BCUT2D eigenvalue weighted by molar-refractivity contribution is 5.85. The molecule has 0 spiro atoms. The van der Waals surface area contributed by atoms with E-state index in [4.69, 9.17) is 5.11 Å². The van der Waals surface area contributed by atoms with E-state index >= 15 is 0 Å². The fraction of sp³-hybridized carbons (Fsp3) is 0. The fourth-order valence-electron chi connectivity index (χ4n) is 1.26. The van der Waals surface area contributed by atoms with Crippen LogP contribution in [-0.2, 0) is 0 Å². The summed E-state index contributed by atoms with van der Waals surface area (Å²) in [5, 5.41) is 8.63. The van der Waals surface area contributed by atoms with Gasteiger partial charge in [0.2, 0.25) is 0 Å². The molecule has 1 heterocycles. The second kappa shape index (κ2) is 3.73. The van der Waals surface area contributed by atoms with E-state index in [9.17, 15) is 13.6 Å². The third kappa shape index (κ3) is 1.77. The number of benzene rings is 1. The molecule has 0 aliphatic carbocycles. The zero-order valence-corrected chi connectivity index (χ0v) is 7.89. The maximum absolute atomic E-state index is 13.3. The van der Waals surface area contributed by atoms with Crippen molar-refractivity contribution in [2.24, 2.45) is 0 Å². The van der Waals surface area contributed by atoms with Crippen molar-refractivity contribution in [1.29, 1.82) is 0 Å². The highest BCUT2D eigenvalue weighted by Crippen LogP contribution is 2.14. The van der Waals surface area contributed by atoms with Crippen LogP contribution in [-0.4, -0.2) is 20.6 Å². The van der Waals surface area contributed by atoms with Gasteiger partial charge in [0.05, 0.1) is 5.69 Å². The van der Waals surface area contributed by atoms with Crippen LogP contribution in [0.2, 0.25) is 0 Å². The summed E-state index contributed by atoms with van der Waals surface area (Å²) in [6.07, 6.45) is 2.30. The number of aromatic nitrogens is 2. The largest absolute Gasteiger partial charge is 0.476 e. The van der Waals surface area contributed by atoms with Gasteiger partial charge < -0.3 is 9.67 Å². The molecule has 6 heteroatoms. The number of carbonyl (C=O) groups is 1. The third-order valence-electron chi connectivity index (χ3n) is 1.99. The summed E-state index contributed by atoms with van der Waals surface area (Å²) in [4.78, 5) is 14.1. The Morgan fingerprint density at radius 3 is 2.69 bits per heavy atom. The predicted molar refractivity (Wildman–Crippen MR) is 50.4 cm³/mol. The summed E-state index contributed by atoms with van der Waals surface area (Å²) in [5.41, 5.74) is -0.162. The normalized spacial score (nSPS) is 10.4. The lowest BCUT2D eigenvalue weighted by Gasteiger charge is -2.02. The van der Waals surface area contributed by atoms with Crippen molar-refractivity contribution in [3.8, 4) is 5.69 Å². The zero-order chi connectivity index (χ0) is 11.7. The van der Waals surface area contributed by atoms with Crippen LogP contribution in [0.1, 0.15) is 10.5 Å². The van der Waals surface area contributed by atoms with Crippen molar-refractivity contribution >= 4 is 5.97 Å². The average molecular weight is 224 g/mol. The van der Waals surface area contributed by atoms with Crippen LogP contribution < -0.4 is 0 Å². The van der Waals surface area contributed by atoms with E-state index in [1.54, 1.807) is 0 Å². The van der Waals surface area contributed by atoms with E-state index in [0.29, 0.717) is 0 Å². The maximum Gasteiger partial charge on any atom is 0.356 e. The SMILES string of the molecule is O=C(O)c1cn(-c2ccc(F)cc2F)cn1. The molecule has 4 nitrogen and oxygen atoms in total. The van der Waals surface area contributed by atoms with E-state index in [1.165, 1.54) is 10.6 Å². The summed E-state index contributed by atoms with van der Waals surface area (Å²) in [6.45, 7) is 0. The van der Waals surface area contributed by atoms with Crippen LogP contribution in [0, 0.1) is 11.6 Å². The molecule has 2 aromatic rings. The molecule has 0 amide bonds. The van der Waals surface area contributed by atoms with E-state index in [2.05, 4.69) is 4.98 Å². The Hall–Kier alpha value is -2.24. The van der Waals surface area contributed by atoms with Gasteiger partial charge in [-0.2, -0.15) is 0 Å². The summed E-state index contributed by atoms with van der Waals surface area (Å²) in [5.74, 6) is -2.68. The van der Waals surface area contributed by atoms with Gasteiger partial charge in [0, 0.05) is 12.3 Å². The quantitative estimate of drug-likeness (QED) is 0.846. The summed E-state index contributed by atoms with van der Waals surface area (Å²) in [7, 11) is 0. The van der Waals surface area contributed by atoms with Crippen molar-refractivity contribution < 1.29 is 18.7 Å². The lowest BCUT2D eigenvalue weighted by molar-refractivity contribution is 0.0691. The number of rotatable bonds is 2. The molecule has 0 fully saturated rings. The zero-order valence-electron chi connectivity index (χ0n) is 7.89. The van der Waals surface area contributed by atoms with Gasteiger partial charge in [-0.05, 0) is 12.1 Å². The third-order valence-corrected chi connectivity index (χ3v) is 1.99. The molecule has 0 aliphatic heterocycles. The van der Waals surface area contributed by atoms with Gasteiger partial charge in [-0.1, -0.05) is 0 Å². The number of aromatic carboxylic acids is 1. The van der Waals surface area contributed by atoms with Crippen molar-refractivity contribution in [3.05, 3.63) is 48.1 Å². The van der Waals surface area contributed by atoms with Crippen molar-refractivity contribution in [3.63, 3.8) is 0 Å². The standard InChI is InChI=1S/C10H6F2N2O2/c11-6-1-2-9(7(12)3-6)14-4-8(10(15)16)13-5-14/h1-5H,(H,15,16). The summed E-state index contributed by atoms with van der Waals surface area (Å²) >= 11 is 0. The smallest absolute Gasteiger partial charge is 0.356 e. The Morgan fingerprint density at radius 2 is 2.12 bits per heavy atom. The Labute approximate surface area is 88.8 Å². The monoisotopic (exact) mass is 224 g/mol. The molecule has 2 rings (SSSR count). The van der Waals surface area contributed by atoms with Gasteiger partial charge in [-0.25, -0.2) is 18.6 Å². The second-order valence-electron chi connectivity index (χ2n) is 3.07. The molecule has 1 N–H and O–H groups in total. The highest BCUT2D eigenvalue weighted by atomic mass is 19.1. The van der Waals surface area contributed by atoms with Gasteiger partial charge >= 0.3 is 5.97 Å². The van der Waals surface area contributed by atoms with Gasteiger partial charge in [-0.15, -0.1) is 0 Å². The Morgan fingerprint density at radius 1 is 1.38 bits per heavy atom. The molecular weight excluding hydrogens is 218 g/mol. The first-order valence-electron chi connectivity index (χ1n) is 4.30.